The maximum absolute atomic E-state index is 12.8. The molecule has 1 aromatic carbocycles. The number of methoxy groups -OCH3 is 2. The van der Waals surface area contributed by atoms with Crippen molar-refractivity contribution in [1.82, 2.24) is 15.2 Å². The van der Waals surface area contributed by atoms with Crippen LogP contribution in [0.5, 0.6) is 11.5 Å². The van der Waals surface area contributed by atoms with Crippen LogP contribution >= 0.6 is 11.6 Å². The molecule has 1 unspecified atom stereocenters. The van der Waals surface area contributed by atoms with E-state index < -0.39 is 11.7 Å². The Morgan fingerprint density at radius 1 is 1.12 bits per heavy atom. The van der Waals surface area contributed by atoms with E-state index in [4.69, 9.17) is 21.1 Å². The highest BCUT2D eigenvalue weighted by molar-refractivity contribution is 6.33. The number of alkyl halides is 3. The monoisotopic (exact) mass is 472 g/mol. The Kier molecular flexibility index (Phi) is 7.22. The van der Waals surface area contributed by atoms with Gasteiger partial charge < -0.3 is 24.6 Å². The minimum atomic E-state index is -4.50. The molecule has 7 nitrogen and oxygen atoms in total. The van der Waals surface area contributed by atoms with Crippen molar-refractivity contribution in [2.75, 3.05) is 45.3 Å². The van der Waals surface area contributed by atoms with Crippen molar-refractivity contribution in [2.24, 2.45) is 0 Å². The fraction of sp³-hybridized carbons (Fsp3) is 0.429. The van der Waals surface area contributed by atoms with Gasteiger partial charge in [0.25, 0.3) is 0 Å². The molecule has 1 atom stereocenters. The van der Waals surface area contributed by atoms with Gasteiger partial charge in [-0.15, -0.1) is 0 Å². The van der Waals surface area contributed by atoms with Crippen molar-refractivity contribution < 1.29 is 27.4 Å². The van der Waals surface area contributed by atoms with Gasteiger partial charge in [0.15, 0.2) is 11.5 Å². The zero-order chi connectivity index (χ0) is 23.5. The van der Waals surface area contributed by atoms with Crippen molar-refractivity contribution >= 4 is 23.4 Å². The number of nitrogens with zero attached hydrogens (tertiary/aromatic N) is 3. The van der Waals surface area contributed by atoms with Crippen LogP contribution in [0.15, 0.2) is 30.5 Å². The van der Waals surface area contributed by atoms with E-state index in [1.165, 1.54) is 0 Å². The van der Waals surface area contributed by atoms with E-state index in [0.29, 0.717) is 37.7 Å². The number of hydrogen-bond acceptors (Lipinski definition) is 5. The lowest BCUT2D eigenvalue weighted by molar-refractivity contribution is -0.137. The normalized spacial score (nSPS) is 15.3. The maximum Gasteiger partial charge on any atom is 0.417 e. The number of pyridine rings is 1. The number of benzene rings is 1. The van der Waals surface area contributed by atoms with Gasteiger partial charge in [0.2, 0.25) is 0 Å². The number of amides is 2. The molecule has 2 amide bonds. The van der Waals surface area contributed by atoms with E-state index in [0.717, 1.165) is 17.8 Å². The second-order valence-corrected chi connectivity index (χ2v) is 7.69. The summed E-state index contributed by atoms with van der Waals surface area (Å²) >= 11 is 6.03. The number of piperazine rings is 1. The fourth-order valence-corrected chi connectivity index (χ4v) is 3.71. The van der Waals surface area contributed by atoms with E-state index in [9.17, 15) is 18.0 Å². The first-order chi connectivity index (χ1) is 15.1. The smallest absolute Gasteiger partial charge is 0.417 e. The van der Waals surface area contributed by atoms with E-state index in [-0.39, 0.29) is 22.9 Å². The highest BCUT2D eigenvalue weighted by Gasteiger charge is 2.32. The zero-order valence-electron chi connectivity index (χ0n) is 17.9. The third-order valence-corrected chi connectivity index (χ3v) is 5.54. The Morgan fingerprint density at radius 3 is 2.34 bits per heavy atom. The number of halogens is 4. The van der Waals surface area contributed by atoms with Gasteiger partial charge in [-0.05, 0) is 30.7 Å². The number of urea groups is 1. The van der Waals surface area contributed by atoms with Crippen molar-refractivity contribution in [2.45, 2.75) is 19.1 Å². The van der Waals surface area contributed by atoms with Crippen LogP contribution < -0.4 is 19.7 Å². The average Bonchev–Trinajstić information content (AvgIpc) is 2.77. The molecule has 0 bridgehead atoms. The Balaban J connectivity index is 1.59. The van der Waals surface area contributed by atoms with Gasteiger partial charge in [-0.25, -0.2) is 9.78 Å². The molecule has 174 valence electrons. The summed E-state index contributed by atoms with van der Waals surface area (Å²) < 4.78 is 49.0. The molecule has 0 aliphatic carbocycles. The zero-order valence-corrected chi connectivity index (χ0v) is 18.6. The summed E-state index contributed by atoms with van der Waals surface area (Å²) in [7, 11) is 3.10. The number of aromatic nitrogens is 1. The fourth-order valence-electron chi connectivity index (χ4n) is 3.42. The van der Waals surface area contributed by atoms with Gasteiger partial charge in [0.05, 0.1) is 30.8 Å². The molecular formula is C21H24ClF3N4O3. The molecule has 32 heavy (non-hydrogen) atoms. The second-order valence-electron chi connectivity index (χ2n) is 7.29. The standard InChI is InChI=1S/C21H24ClF3N4O3/c1-13(14-4-5-17(31-2)18(10-14)32-3)27-20(30)29-8-6-28(7-9-29)19-16(22)11-15(12-26-19)21(23,24)25/h4-5,10-13H,6-9H2,1-3H3,(H,27,30). The Hall–Kier alpha value is -2.88. The molecule has 1 aliphatic rings. The lowest BCUT2D eigenvalue weighted by Crippen LogP contribution is -2.52. The number of hydrogen-bond donors (Lipinski definition) is 1. The van der Waals surface area contributed by atoms with Crippen LogP contribution in [0.3, 0.4) is 0 Å². The van der Waals surface area contributed by atoms with Crippen molar-refractivity contribution in [3.8, 4) is 11.5 Å². The van der Waals surface area contributed by atoms with Crippen LogP contribution in [-0.4, -0.2) is 56.3 Å². The van der Waals surface area contributed by atoms with Crippen molar-refractivity contribution in [3.05, 3.63) is 46.6 Å². The summed E-state index contributed by atoms with van der Waals surface area (Å²) in [6.07, 6.45) is -3.73. The molecule has 0 spiro atoms. The highest BCUT2D eigenvalue weighted by atomic mass is 35.5. The molecule has 1 N–H and O–H groups in total. The largest absolute Gasteiger partial charge is 0.493 e. The van der Waals surface area contributed by atoms with E-state index >= 15 is 0 Å². The van der Waals surface area contributed by atoms with Crippen LogP contribution in [0, 0.1) is 0 Å². The minimum absolute atomic E-state index is 0.0696. The quantitative estimate of drug-likeness (QED) is 0.700. The van der Waals surface area contributed by atoms with Gasteiger partial charge in [-0.1, -0.05) is 17.7 Å². The van der Waals surface area contributed by atoms with E-state index in [1.54, 1.807) is 36.2 Å². The predicted molar refractivity (Wildman–Crippen MR) is 115 cm³/mol. The summed E-state index contributed by atoms with van der Waals surface area (Å²) in [5, 5.41) is 2.88. The van der Waals surface area contributed by atoms with Gasteiger partial charge in [0.1, 0.15) is 5.82 Å². The average molecular weight is 473 g/mol. The molecular weight excluding hydrogens is 449 g/mol. The molecule has 1 fully saturated rings. The van der Waals surface area contributed by atoms with E-state index in [1.807, 2.05) is 13.0 Å². The Labute approximate surface area is 189 Å². The van der Waals surface area contributed by atoms with Crippen LogP contribution in [0.1, 0.15) is 24.1 Å². The number of nitrogens with one attached hydrogen (secondary N) is 1. The summed E-state index contributed by atoms with van der Waals surface area (Å²) in [5.41, 5.74) is -0.0382. The molecule has 1 aromatic heterocycles. The molecule has 1 saturated heterocycles. The molecule has 0 saturated carbocycles. The minimum Gasteiger partial charge on any atom is -0.493 e. The summed E-state index contributed by atoms with van der Waals surface area (Å²) in [4.78, 5) is 20.0. The first-order valence-electron chi connectivity index (χ1n) is 9.89. The molecule has 2 aromatic rings. The molecule has 2 heterocycles. The van der Waals surface area contributed by atoms with Crippen molar-refractivity contribution in [1.29, 1.82) is 0 Å². The predicted octanol–water partition coefficient (Wildman–Crippen LogP) is 4.36. The molecule has 11 heteroatoms. The molecule has 0 radical (unpaired) electrons. The Bertz CT molecular complexity index is 966. The van der Waals surface area contributed by atoms with Gasteiger partial charge >= 0.3 is 12.2 Å². The second kappa shape index (κ2) is 9.72. The SMILES string of the molecule is COc1ccc(C(C)NC(=O)N2CCN(c3ncc(C(F)(F)F)cc3Cl)CC2)cc1OC. The number of rotatable bonds is 5. The highest BCUT2D eigenvalue weighted by Crippen LogP contribution is 2.34. The number of carbonyl (C=O) groups excluding carboxylic acids is 1. The first-order valence-corrected chi connectivity index (χ1v) is 10.3. The lowest BCUT2D eigenvalue weighted by atomic mass is 10.1. The number of ether oxygens (including phenoxy) is 2. The number of anilines is 1. The lowest BCUT2D eigenvalue weighted by Gasteiger charge is -2.36. The van der Waals surface area contributed by atoms with Crippen LogP contribution in [0.2, 0.25) is 5.02 Å². The third kappa shape index (κ3) is 5.29. The number of carbonyl (C=O) groups is 1. The van der Waals surface area contributed by atoms with Gasteiger partial charge in [-0.2, -0.15) is 13.2 Å². The van der Waals surface area contributed by atoms with Crippen LogP contribution in [0.4, 0.5) is 23.8 Å². The van der Waals surface area contributed by atoms with E-state index in [2.05, 4.69) is 10.3 Å². The first kappa shape index (κ1) is 23.8. The summed E-state index contributed by atoms with van der Waals surface area (Å²) in [5.74, 6) is 1.44. The third-order valence-electron chi connectivity index (χ3n) is 5.26. The topological polar surface area (TPSA) is 66.9 Å². The van der Waals surface area contributed by atoms with Gasteiger partial charge in [-0.3, -0.25) is 0 Å². The summed E-state index contributed by atoms with van der Waals surface area (Å²) in [6, 6.07) is 5.79. The molecule has 3 rings (SSSR count). The Morgan fingerprint density at radius 2 is 1.78 bits per heavy atom. The molecule has 1 aliphatic heterocycles. The summed E-state index contributed by atoms with van der Waals surface area (Å²) in [6.45, 7) is 3.42. The van der Waals surface area contributed by atoms with Crippen LogP contribution in [-0.2, 0) is 6.18 Å². The van der Waals surface area contributed by atoms with Crippen LogP contribution in [0.25, 0.3) is 0 Å². The van der Waals surface area contributed by atoms with Gasteiger partial charge in [0, 0.05) is 32.4 Å². The maximum atomic E-state index is 12.8. The van der Waals surface area contributed by atoms with Crippen molar-refractivity contribution in [3.63, 3.8) is 0 Å².